The van der Waals surface area contributed by atoms with Crippen molar-refractivity contribution in [3.05, 3.63) is 29.6 Å². The Morgan fingerprint density at radius 3 is 2.50 bits per heavy atom. The molecule has 1 saturated carbocycles. The van der Waals surface area contributed by atoms with Gasteiger partial charge in [0.25, 0.3) is 0 Å². The third kappa shape index (κ3) is 7.63. The molecule has 0 saturated heterocycles. The van der Waals surface area contributed by atoms with Crippen molar-refractivity contribution < 1.29 is 23.2 Å². The van der Waals surface area contributed by atoms with E-state index in [1.165, 1.54) is 12.1 Å². The fourth-order valence-corrected chi connectivity index (χ4v) is 4.00. The molecule has 30 heavy (non-hydrogen) atoms. The average Bonchev–Trinajstić information content (AvgIpc) is 3.00. The molecule has 0 bridgehead atoms. The maximum Gasteiger partial charge on any atom is 0.407 e. The fraction of sp³-hybridized carbons (Fsp3) is 0.682. The van der Waals surface area contributed by atoms with E-state index >= 15 is 0 Å². The predicted molar refractivity (Wildman–Crippen MR) is 117 cm³/mol. The van der Waals surface area contributed by atoms with Crippen molar-refractivity contribution in [2.75, 3.05) is 0 Å². The van der Waals surface area contributed by atoms with Crippen LogP contribution in [0.4, 0.5) is 9.18 Å². The van der Waals surface area contributed by atoms with E-state index in [1.807, 2.05) is 48.5 Å². The van der Waals surface area contributed by atoms with Crippen molar-refractivity contribution in [1.29, 1.82) is 0 Å². The summed E-state index contributed by atoms with van der Waals surface area (Å²) in [5.41, 5.74) is 0.0777. The van der Waals surface area contributed by atoms with Gasteiger partial charge in [-0.2, -0.15) is 0 Å². The lowest BCUT2D eigenvalue weighted by Gasteiger charge is -2.27. The Balaban J connectivity index is 2.01. The fourth-order valence-electron chi connectivity index (χ4n) is 3.20. The normalized spacial score (nSPS) is 21.8. The molecule has 2 N–H and O–H groups in total. The van der Waals surface area contributed by atoms with E-state index in [0.717, 1.165) is 12.8 Å². The topological polar surface area (TPSA) is 82.6 Å². The third-order valence-corrected chi connectivity index (χ3v) is 6.36. The molecule has 0 heterocycles. The molecule has 1 amide bonds. The van der Waals surface area contributed by atoms with Crippen LogP contribution in [-0.4, -0.2) is 33.1 Å². The van der Waals surface area contributed by atoms with Gasteiger partial charge in [0, 0.05) is 29.4 Å². The number of alkyl carbamates (subject to hydrolysis) is 1. The second-order valence-corrected chi connectivity index (χ2v) is 11.8. The highest BCUT2D eigenvalue weighted by Crippen LogP contribution is 2.32. The largest absolute Gasteiger partial charge is 0.598 e. The van der Waals surface area contributed by atoms with Crippen LogP contribution < -0.4 is 14.8 Å². The van der Waals surface area contributed by atoms with Crippen LogP contribution in [0.25, 0.3) is 0 Å². The van der Waals surface area contributed by atoms with Gasteiger partial charge in [0.1, 0.15) is 28.0 Å². The molecule has 1 aliphatic carbocycles. The van der Waals surface area contributed by atoms with Crippen molar-refractivity contribution in [2.45, 2.75) is 96.3 Å². The molecule has 0 radical (unpaired) electrons. The van der Waals surface area contributed by atoms with Crippen molar-refractivity contribution >= 4 is 17.5 Å². The van der Waals surface area contributed by atoms with Crippen molar-refractivity contribution in [3.8, 4) is 5.75 Å². The maximum absolute atomic E-state index is 13.9. The van der Waals surface area contributed by atoms with Crippen LogP contribution in [0.2, 0.25) is 0 Å². The van der Waals surface area contributed by atoms with Gasteiger partial charge in [0.05, 0.1) is 6.04 Å². The summed E-state index contributed by atoms with van der Waals surface area (Å²) in [5.74, 6) is 0.189. The second kappa shape index (κ2) is 9.75. The minimum absolute atomic E-state index is 0.0299. The van der Waals surface area contributed by atoms with Gasteiger partial charge in [-0.05, 0) is 79.5 Å². The summed E-state index contributed by atoms with van der Waals surface area (Å²) in [7, 11) is 0. The molecule has 0 aliphatic heterocycles. The standard InChI is InChI=1S/C22H35FN2O4S/c1-14(25-30(27)22(5,6)7)18-12-15(23)8-11-19(18)28-17-10-9-16(13-17)24-20(26)29-21(2,3)4/h8,11-12,14,16-17,25H,9-10,13H2,1-7H3,(H,24,26)/t14?,16-,17+,30?/m1/s1. The van der Waals surface area contributed by atoms with Crippen LogP contribution in [0.1, 0.15) is 79.3 Å². The number of benzene rings is 1. The summed E-state index contributed by atoms with van der Waals surface area (Å²) in [6, 6.07) is 4.00. The lowest BCUT2D eigenvalue weighted by molar-refractivity contribution is 0.0503. The highest BCUT2D eigenvalue weighted by molar-refractivity contribution is 7.90. The molecule has 1 aliphatic rings. The van der Waals surface area contributed by atoms with E-state index in [4.69, 9.17) is 9.47 Å². The summed E-state index contributed by atoms with van der Waals surface area (Å²) >= 11 is -1.30. The van der Waals surface area contributed by atoms with E-state index in [0.29, 0.717) is 17.7 Å². The second-order valence-electron chi connectivity index (χ2n) is 9.80. The number of carbonyl (C=O) groups excluding carboxylic acids is 1. The van der Waals surface area contributed by atoms with Gasteiger partial charge < -0.3 is 19.3 Å². The number of rotatable bonds is 6. The highest BCUT2D eigenvalue weighted by atomic mass is 32.2. The lowest BCUT2D eigenvalue weighted by atomic mass is 10.1. The molecule has 2 unspecified atom stereocenters. The summed E-state index contributed by atoms with van der Waals surface area (Å²) in [4.78, 5) is 12.0. The van der Waals surface area contributed by atoms with Gasteiger partial charge in [-0.15, -0.1) is 4.72 Å². The van der Waals surface area contributed by atoms with Gasteiger partial charge in [-0.3, -0.25) is 0 Å². The summed E-state index contributed by atoms with van der Waals surface area (Å²) in [6.07, 6.45) is 1.66. The molecule has 1 aromatic rings. The van der Waals surface area contributed by atoms with Gasteiger partial charge in [-0.1, -0.05) is 0 Å². The van der Waals surface area contributed by atoms with Gasteiger partial charge in [0.15, 0.2) is 0 Å². The Kier molecular flexibility index (Phi) is 8.04. The molecule has 1 fully saturated rings. The van der Waals surface area contributed by atoms with Crippen LogP contribution in [0.5, 0.6) is 5.75 Å². The summed E-state index contributed by atoms with van der Waals surface area (Å²) < 4.78 is 40.4. The number of halogens is 1. The number of ether oxygens (including phenoxy) is 2. The van der Waals surface area contributed by atoms with E-state index in [1.54, 1.807) is 6.07 Å². The van der Waals surface area contributed by atoms with Crippen LogP contribution in [-0.2, 0) is 16.1 Å². The van der Waals surface area contributed by atoms with Crippen molar-refractivity contribution in [3.63, 3.8) is 0 Å². The van der Waals surface area contributed by atoms with Gasteiger partial charge in [0.2, 0.25) is 0 Å². The van der Waals surface area contributed by atoms with Gasteiger partial charge >= 0.3 is 6.09 Å². The van der Waals surface area contributed by atoms with Crippen LogP contribution in [0.15, 0.2) is 18.2 Å². The number of carbonyl (C=O) groups is 1. The van der Waals surface area contributed by atoms with Crippen LogP contribution in [0, 0.1) is 5.82 Å². The Morgan fingerprint density at radius 2 is 1.90 bits per heavy atom. The Hall–Kier alpha value is -1.51. The highest BCUT2D eigenvalue weighted by Gasteiger charge is 2.32. The minimum atomic E-state index is -1.30. The van der Waals surface area contributed by atoms with Crippen molar-refractivity contribution in [1.82, 2.24) is 10.0 Å². The molecule has 4 atom stereocenters. The zero-order valence-electron chi connectivity index (χ0n) is 19.0. The quantitative estimate of drug-likeness (QED) is 0.621. The van der Waals surface area contributed by atoms with E-state index in [2.05, 4.69) is 10.0 Å². The third-order valence-electron chi connectivity index (χ3n) is 4.68. The molecule has 0 aromatic heterocycles. The average molecular weight is 443 g/mol. The molecule has 1 aromatic carbocycles. The first-order valence-corrected chi connectivity index (χ1v) is 11.5. The Labute approximate surface area is 182 Å². The number of hydrogen-bond donors (Lipinski definition) is 2. The molecular weight excluding hydrogens is 407 g/mol. The predicted octanol–water partition coefficient (Wildman–Crippen LogP) is 4.76. The lowest BCUT2D eigenvalue weighted by Crippen LogP contribution is -2.40. The monoisotopic (exact) mass is 442 g/mol. The van der Waals surface area contributed by atoms with Crippen molar-refractivity contribution in [2.24, 2.45) is 0 Å². The number of hydrogen-bond acceptors (Lipinski definition) is 5. The first-order valence-electron chi connectivity index (χ1n) is 10.4. The van der Waals surface area contributed by atoms with Crippen LogP contribution >= 0.6 is 0 Å². The molecule has 8 heteroatoms. The van der Waals surface area contributed by atoms with Gasteiger partial charge in [-0.25, -0.2) is 9.18 Å². The maximum atomic E-state index is 13.9. The number of amides is 1. The van der Waals surface area contributed by atoms with E-state index in [-0.39, 0.29) is 24.0 Å². The first kappa shape index (κ1) is 24.8. The summed E-state index contributed by atoms with van der Waals surface area (Å²) in [5, 5.41) is 2.89. The molecule has 2 rings (SSSR count). The number of nitrogens with one attached hydrogen (secondary N) is 2. The molecular formula is C22H35FN2O4S. The smallest absolute Gasteiger partial charge is 0.407 e. The van der Waals surface area contributed by atoms with E-state index < -0.39 is 27.8 Å². The zero-order chi connectivity index (χ0) is 22.7. The first-order chi connectivity index (χ1) is 13.7. The van der Waals surface area contributed by atoms with E-state index in [9.17, 15) is 13.7 Å². The molecule has 0 spiro atoms. The summed E-state index contributed by atoms with van der Waals surface area (Å²) in [6.45, 7) is 12.9. The van der Waals surface area contributed by atoms with Crippen LogP contribution in [0.3, 0.4) is 0 Å². The Bertz CT molecular complexity index is 733. The SMILES string of the molecule is CC(N[S+]([O-])C(C)(C)C)c1cc(F)ccc1O[C@H]1CC[C@@H](NC(=O)OC(C)(C)C)C1. The molecule has 170 valence electrons. The Morgan fingerprint density at radius 1 is 1.23 bits per heavy atom. The minimum Gasteiger partial charge on any atom is -0.598 e. The zero-order valence-corrected chi connectivity index (χ0v) is 19.8. The molecule has 6 nitrogen and oxygen atoms in total.